The first kappa shape index (κ1) is 21.6. The number of carbonyl (C=O) groups excluding carboxylic acids is 1. The fourth-order valence-corrected chi connectivity index (χ4v) is 4.00. The second-order valence-electron chi connectivity index (χ2n) is 7.87. The summed E-state index contributed by atoms with van der Waals surface area (Å²) < 4.78 is 34.0. The van der Waals surface area contributed by atoms with Crippen LogP contribution < -0.4 is 28.4 Å². The van der Waals surface area contributed by atoms with E-state index in [4.69, 9.17) is 28.4 Å². The zero-order valence-electron chi connectivity index (χ0n) is 19.0. The van der Waals surface area contributed by atoms with Gasteiger partial charge in [0.05, 0.1) is 45.1 Å². The van der Waals surface area contributed by atoms with Crippen LogP contribution in [0.25, 0.3) is 11.6 Å². The normalized spacial score (nSPS) is 15.4. The van der Waals surface area contributed by atoms with Gasteiger partial charge in [0.1, 0.15) is 29.5 Å². The van der Waals surface area contributed by atoms with Gasteiger partial charge in [-0.3, -0.25) is 4.79 Å². The van der Waals surface area contributed by atoms with Crippen LogP contribution in [-0.4, -0.2) is 46.4 Å². The molecule has 0 saturated heterocycles. The van der Waals surface area contributed by atoms with Crippen LogP contribution in [0.15, 0.2) is 30.4 Å². The van der Waals surface area contributed by atoms with Crippen LogP contribution in [0, 0.1) is 0 Å². The quantitative estimate of drug-likeness (QED) is 0.612. The summed E-state index contributed by atoms with van der Waals surface area (Å²) in [5.41, 5.74) is 1.65. The van der Waals surface area contributed by atoms with Gasteiger partial charge < -0.3 is 28.4 Å². The number of methoxy groups -OCH3 is 4. The Morgan fingerprint density at radius 1 is 0.938 bits per heavy atom. The first-order chi connectivity index (χ1) is 15.3. The molecule has 0 atom stereocenters. The van der Waals surface area contributed by atoms with Crippen LogP contribution in [0.2, 0.25) is 0 Å². The van der Waals surface area contributed by atoms with Crippen LogP contribution >= 0.6 is 0 Å². The fraction of sp³-hybridized carbons (Fsp3) is 0.320. The predicted molar refractivity (Wildman–Crippen MR) is 121 cm³/mol. The lowest BCUT2D eigenvalue weighted by atomic mass is 9.90. The molecule has 0 spiro atoms. The summed E-state index contributed by atoms with van der Waals surface area (Å²) in [5.74, 6) is 2.57. The molecule has 2 aliphatic rings. The Morgan fingerprint density at radius 2 is 1.66 bits per heavy atom. The first-order valence-corrected chi connectivity index (χ1v) is 10.2. The van der Waals surface area contributed by atoms with Crippen molar-refractivity contribution in [2.75, 3.05) is 35.0 Å². The van der Waals surface area contributed by atoms with Gasteiger partial charge in [0, 0.05) is 11.6 Å². The molecular formula is C25H26O7. The summed E-state index contributed by atoms with van der Waals surface area (Å²) in [6.45, 7) is 4.17. The SMILES string of the molecule is COc1cc2c(c(OC)c1OC)C(C(=O)c1ccc3c(c1OC)C=CC(C)(C)O3)=CCO2. The van der Waals surface area contributed by atoms with Crippen LogP contribution in [0.4, 0.5) is 0 Å². The van der Waals surface area contributed by atoms with Gasteiger partial charge in [-0.15, -0.1) is 0 Å². The third kappa shape index (κ3) is 3.43. The molecular weight excluding hydrogens is 412 g/mol. The summed E-state index contributed by atoms with van der Waals surface area (Å²) >= 11 is 0. The van der Waals surface area contributed by atoms with Crippen molar-refractivity contribution in [3.63, 3.8) is 0 Å². The van der Waals surface area contributed by atoms with Crippen molar-refractivity contribution in [1.82, 2.24) is 0 Å². The fourth-order valence-electron chi connectivity index (χ4n) is 4.00. The minimum Gasteiger partial charge on any atom is -0.495 e. The van der Waals surface area contributed by atoms with E-state index in [-0.39, 0.29) is 12.4 Å². The lowest BCUT2D eigenvalue weighted by Gasteiger charge is -2.29. The standard InChI is InChI=1S/C25H26O7/c1-25(2)11-9-14-17(32-25)8-7-16(22(14)28-4)21(26)15-10-12-31-18-13-19(27-3)23(29-5)24(30-6)20(15)18/h7-11,13H,12H2,1-6H3. The van der Waals surface area contributed by atoms with E-state index < -0.39 is 5.60 Å². The molecule has 0 aromatic heterocycles. The maximum Gasteiger partial charge on any atom is 0.204 e. The summed E-state index contributed by atoms with van der Waals surface area (Å²) in [6.07, 6.45) is 5.60. The van der Waals surface area contributed by atoms with E-state index in [2.05, 4.69) is 0 Å². The molecule has 32 heavy (non-hydrogen) atoms. The van der Waals surface area contributed by atoms with Crippen molar-refractivity contribution in [3.05, 3.63) is 47.0 Å². The van der Waals surface area contributed by atoms with Crippen LogP contribution in [0.3, 0.4) is 0 Å². The van der Waals surface area contributed by atoms with Crippen molar-refractivity contribution < 1.29 is 33.2 Å². The second kappa shape index (κ2) is 8.15. The number of fused-ring (bicyclic) bond motifs is 2. The third-order valence-electron chi connectivity index (χ3n) is 5.46. The van der Waals surface area contributed by atoms with E-state index in [1.165, 1.54) is 21.3 Å². The number of ether oxygens (including phenoxy) is 6. The molecule has 7 nitrogen and oxygen atoms in total. The molecule has 7 heteroatoms. The van der Waals surface area contributed by atoms with Gasteiger partial charge in [-0.1, -0.05) is 0 Å². The number of hydrogen-bond donors (Lipinski definition) is 0. The van der Waals surface area contributed by atoms with Gasteiger partial charge in [-0.05, 0) is 44.2 Å². The largest absolute Gasteiger partial charge is 0.495 e. The molecule has 2 aromatic rings. The minimum absolute atomic E-state index is 0.224. The number of carbonyl (C=O) groups is 1. The number of ketones is 1. The topological polar surface area (TPSA) is 72.5 Å². The molecule has 0 amide bonds. The average molecular weight is 438 g/mol. The van der Waals surface area contributed by atoms with Crippen molar-refractivity contribution in [2.45, 2.75) is 19.4 Å². The van der Waals surface area contributed by atoms with E-state index in [0.717, 1.165) is 5.56 Å². The Bertz CT molecular complexity index is 1140. The van der Waals surface area contributed by atoms with Crippen molar-refractivity contribution >= 4 is 17.4 Å². The molecule has 0 unspecified atom stereocenters. The Kier molecular flexibility index (Phi) is 5.50. The number of rotatable bonds is 6. The first-order valence-electron chi connectivity index (χ1n) is 10.2. The van der Waals surface area contributed by atoms with Crippen molar-refractivity contribution in [2.24, 2.45) is 0 Å². The molecule has 0 aliphatic carbocycles. The van der Waals surface area contributed by atoms with Crippen LogP contribution in [0.5, 0.6) is 34.5 Å². The zero-order valence-corrected chi connectivity index (χ0v) is 19.0. The monoisotopic (exact) mass is 438 g/mol. The van der Waals surface area contributed by atoms with Gasteiger partial charge in [0.15, 0.2) is 17.3 Å². The summed E-state index contributed by atoms with van der Waals surface area (Å²) in [4.78, 5) is 13.8. The molecule has 2 heterocycles. The molecule has 0 radical (unpaired) electrons. The highest BCUT2D eigenvalue weighted by atomic mass is 16.5. The molecule has 0 saturated carbocycles. The van der Waals surface area contributed by atoms with Gasteiger partial charge in [-0.25, -0.2) is 0 Å². The highest BCUT2D eigenvalue weighted by molar-refractivity contribution is 6.31. The molecule has 0 N–H and O–H groups in total. The van der Waals surface area contributed by atoms with Crippen molar-refractivity contribution in [3.8, 4) is 34.5 Å². The Labute approximate surface area is 187 Å². The van der Waals surface area contributed by atoms with E-state index in [1.807, 2.05) is 26.0 Å². The smallest absolute Gasteiger partial charge is 0.204 e. The minimum atomic E-state index is -0.436. The number of Topliss-reactive ketones (excluding diaryl/α,β-unsaturated/α-hetero) is 1. The molecule has 2 aliphatic heterocycles. The van der Waals surface area contributed by atoms with Gasteiger partial charge in [-0.2, -0.15) is 0 Å². The maximum atomic E-state index is 13.8. The van der Waals surface area contributed by atoms with E-state index in [0.29, 0.717) is 51.2 Å². The zero-order chi connectivity index (χ0) is 23.0. The van der Waals surface area contributed by atoms with Crippen LogP contribution in [0.1, 0.15) is 35.3 Å². The predicted octanol–water partition coefficient (Wildman–Crippen LogP) is 4.56. The molecule has 0 fully saturated rings. The van der Waals surface area contributed by atoms with E-state index in [1.54, 1.807) is 31.4 Å². The highest BCUT2D eigenvalue weighted by Crippen LogP contribution is 2.50. The summed E-state index contributed by atoms with van der Waals surface area (Å²) in [7, 11) is 6.10. The summed E-state index contributed by atoms with van der Waals surface area (Å²) in [5, 5.41) is 0. The Morgan fingerprint density at radius 3 is 2.31 bits per heavy atom. The van der Waals surface area contributed by atoms with Gasteiger partial charge in [0.25, 0.3) is 0 Å². The highest BCUT2D eigenvalue weighted by Gasteiger charge is 2.33. The average Bonchev–Trinajstić information content (AvgIpc) is 2.80. The van der Waals surface area contributed by atoms with Gasteiger partial charge >= 0.3 is 0 Å². The van der Waals surface area contributed by atoms with E-state index >= 15 is 0 Å². The van der Waals surface area contributed by atoms with Crippen LogP contribution in [-0.2, 0) is 0 Å². The third-order valence-corrected chi connectivity index (χ3v) is 5.46. The molecule has 2 aromatic carbocycles. The molecule has 0 bridgehead atoms. The molecule has 4 rings (SSSR count). The number of allylic oxidation sites excluding steroid dienone is 1. The Hall–Kier alpha value is -3.61. The lowest BCUT2D eigenvalue weighted by Crippen LogP contribution is -2.27. The van der Waals surface area contributed by atoms with Gasteiger partial charge in [0.2, 0.25) is 5.75 Å². The maximum absolute atomic E-state index is 13.8. The Balaban J connectivity index is 1.86. The second-order valence-corrected chi connectivity index (χ2v) is 7.87. The summed E-state index contributed by atoms with van der Waals surface area (Å²) in [6, 6.07) is 5.21. The molecule has 168 valence electrons. The number of benzene rings is 2. The lowest BCUT2D eigenvalue weighted by molar-refractivity contribution is 0.105. The van der Waals surface area contributed by atoms with Crippen molar-refractivity contribution in [1.29, 1.82) is 0 Å². The number of hydrogen-bond acceptors (Lipinski definition) is 7. The van der Waals surface area contributed by atoms with E-state index in [9.17, 15) is 4.79 Å².